The van der Waals surface area contributed by atoms with Gasteiger partial charge in [-0.2, -0.15) is 4.52 Å². The minimum Gasteiger partial charge on any atom is -0.478 e. The molecular formula is C29H23FN10O8. The first-order chi connectivity index (χ1) is 22.8. The summed E-state index contributed by atoms with van der Waals surface area (Å²) in [6.45, 7) is -0.385. The van der Waals surface area contributed by atoms with Crippen molar-refractivity contribution in [1.29, 1.82) is 0 Å². The molecule has 19 heteroatoms. The van der Waals surface area contributed by atoms with Crippen LogP contribution in [0.25, 0.3) is 5.65 Å². The second-order valence-electron chi connectivity index (χ2n) is 10.2. The molecule has 48 heavy (non-hydrogen) atoms. The maximum absolute atomic E-state index is 14.5. The van der Waals surface area contributed by atoms with Gasteiger partial charge in [0.1, 0.15) is 34.6 Å². The van der Waals surface area contributed by atoms with Crippen LogP contribution in [0.2, 0.25) is 0 Å². The topological polar surface area (TPSA) is 297 Å². The van der Waals surface area contributed by atoms with Gasteiger partial charge in [0.05, 0.1) is 5.56 Å². The van der Waals surface area contributed by atoms with Gasteiger partial charge in [0.25, 0.3) is 28.6 Å². The van der Waals surface area contributed by atoms with Crippen LogP contribution in [0.1, 0.15) is 64.6 Å². The molecule has 5 rings (SSSR count). The number of carboxylic acids is 1. The monoisotopic (exact) mass is 658 g/mol. The minimum atomic E-state index is -1.45. The number of carbonyl (C=O) groups excluding carboxylic acids is 4. The molecule has 0 saturated heterocycles. The number of nitrogens with zero attached hydrogens (tertiary/aromatic N) is 4. The summed E-state index contributed by atoms with van der Waals surface area (Å²) < 4.78 is 15.3. The van der Waals surface area contributed by atoms with Gasteiger partial charge in [-0.3, -0.25) is 28.8 Å². The van der Waals surface area contributed by atoms with Crippen LogP contribution < -0.4 is 44.0 Å². The van der Waals surface area contributed by atoms with E-state index in [-0.39, 0.29) is 52.5 Å². The summed E-state index contributed by atoms with van der Waals surface area (Å²) in [6.07, 6.45) is 0. The number of hydrogen-bond acceptors (Lipinski definition) is 12. The summed E-state index contributed by atoms with van der Waals surface area (Å²) in [4.78, 5) is 89.1. The Morgan fingerprint density at radius 1 is 0.938 bits per heavy atom. The van der Waals surface area contributed by atoms with Crippen molar-refractivity contribution in [3.05, 3.63) is 114 Å². The van der Waals surface area contributed by atoms with Gasteiger partial charge >= 0.3 is 5.97 Å². The van der Waals surface area contributed by atoms with Crippen molar-refractivity contribution >= 4 is 46.6 Å². The summed E-state index contributed by atoms with van der Waals surface area (Å²) in [6, 6.07) is 8.39. The van der Waals surface area contributed by atoms with Crippen molar-refractivity contribution in [2.75, 3.05) is 11.1 Å². The summed E-state index contributed by atoms with van der Waals surface area (Å²) in [7, 11) is 0. The van der Waals surface area contributed by atoms with E-state index in [1.165, 1.54) is 36.4 Å². The van der Waals surface area contributed by atoms with Crippen LogP contribution in [-0.4, -0.2) is 54.5 Å². The summed E-state index contributed by atoms with van der Waals surface area (Å²) in [5, 5.41) is 24.0. The largest absolute Gasteiger partial charge is 0.478 e. The van der Waals surface area contributed by atoms with Crippen molar-refractivity contribution in [2.24, 2.45) is 11.5 Å². The third kappa shape index (κ3) is 6.22. The molecule has 0 aliphatic carbocycles. The smallest absolute Gasteiger partial charge is 0.335 e. The molecule has 0 saturated carbocycles. The molecular weight excluding hydrogens is 635 g/mol. The average molecular weight is 659 g/mol. The molecule has 3 aromatic carbocycles. The Morgan fingerprint density at radius 3 is 2.27 bits per heavy atom. The van der Waals surface area contributed by atoms with Gasteiger partial charge in [0.2, 0.25) is 5.91 Å². The fourth-order valence-electron chi connectivity index (χ4n) is 4.57. The second-order valence-corrected chi connectivity index (χ2v) is 10.2. The van der Waals surface area contributed by atoms with E-state index in [1.807, 2.05) is 0 Å². The maximum atomic E-state index is 14.5. The number of hydrogen-bond donors (Lipinski definition) is 7. The number of rotatable bonds is 12. The van der Waals surface area contributed by atoms with Gasteiger partial charge in [-0.15, -0.1) is 5.10 Å². The van der Waals surface area contributed by atoms with Crippen molar-refractivity contribution in [3.63, 3.8) is 0 Å². The number of nitrogens with one attached hydrogen (secondary N) is 3. The van der Waals surface area contributed by atoms with Crippen molar-refractivity contribution in [2.45, 2.75) is 19.1 Å². The van der Waals surface area contributed by atoms with Crippen LogP contribution in [0.4, 0.5) is 15.8 Å². The number of aromatic nitrogens is 4. The molecule has 244 valence electrons. The number of primary amides is 2. The SMILES string of the molecule is NC(=O)c1nnn2c(C(=O)NCc3ccc(F)c(CNc4c(N)c(=O)c4=O)c3)cc(C(=O)N[C@@H](C(N)=O)c3ccc(C(=O)O)cc3)nc12. The van der Waals surface area contributed by atoms with Crippen LogP contribution in [0.15, 0.2) is 58.1 Å². The molecule has 1 atom stereocenters. The van der Waals surface area contributed by atoms with Crippen LogP contribution in [-0.2, 0) is 17.9 Å². The lowest BCUT2D eigenvalue weighted by molar-refractivity contribution is -0.120. The normalized spacial score (nSPS) is 11.6. The van der Waals surface area contributed by atoms with Gasteiger partial charge in [-0.05, 0) is 35.4 Å². The average Bonchev–Trinajstić information content (AvgIpc) is 3.51. The fourth-order valence-corrected chi connectivity index (χ4v) is 4.57. The molecule has 0 unspecified atom stereocenters. The van der Waals surface area contributed by atoms with Gasteiger partial charge in [0, 0.05) is 24.7 Å². The predicted molar refractivity (Wildman–Crippen MR) is 163 cm³/mol. The fraction of sp³-hybridized carbons (Fsp3) is 0.103. The standard InChI is InChI=1S/C29H23FN10O8/c30-15-6-1-11(7-14(15)10-34-20-18(31)22(41)23(20)42)9-35-28(46)17-8-16(36-26-21(25(33)44)38-39-40(17)26)27(45)37-19(24(32)43)12-2-4-13(5-3-12)29(47)48/h1-8,19,34H,9-10,31H2,(H2,32,43)(H2,33,44)(H,35,46)(H,37,45)(H,47,48)/t19-/m1/s1. The Kier molecular flexibility index (Phi) is 8.59. The Bertz CT molecular complexity index is 2220. The quantitative estimate of drug-likeness (QED) is 0.0771. The van der Waals surface area contributed by atoms with Gasteiger partial charge in [-0.1, -0.05) is 23.4 Å². The van der Waals surface area contributed by atoms with Crippen LogP contribution in [0.3, 0.4) is 0 Å². The summed E-state index contributed by atoms with van der Waals surface area (Å²) >= 11 is 0. The van der Waals surface area contributed by atoms with Crippen LogP contribution in [0.5, 0.6) is 0 Å². The molecule has 0 bridgehead atoms. The third-order valence-corrected chi connectivity index (χ3v) is 7.09. The highest BCUT2D eigenvalue weighted by atomic mass is 19.1. The highest BCUT2D eigenvalue weighted by Crippen LogP contribution is 2.18. The highest BCUT2D eigenvalue weighted by molar-refractivity contribution is 6.02. The Balaban J connectivity index is 1.39. The maximum Gasteiger partial charge on any atom is 0.335 e. The molecule has 0 radical (unpaired) electrons. The first kappa shape index (κ1) is 32.3. The number of carboxylic acid groups (broad SMARTS) is 1. The predicted octanol–water partition coefficient (Wildman–Crippen LogP) is -1.26. The summed E-state index contributed by atoms with van der Waals surface area (Å²) in [5.74, 6) is -5.81. The van der Waals surface area contributed by atoms with Gasteiger partial charge in [0.15, 0.2) is 11.3 Å². The first-order valence-electron chi connectivity index (χ1n) is 13.6. The van der Waals surface area contributed by atoms with Gasteiger partial charge in [-0.25, -0.2) is 14.2 Å². The second kappa shape index (κ2) is 12.7. The molecule has 0 fully saturated rings. The van der Waals surface area contributed by atoms with Crippen molar-refractivity contribution < 1.29 is 33.5 Å². The van der Waals surface area contributed by atoms with E-state index >= 15 is 0 Å². The zero-order valence-corrected chi connectivity index (χ0v) is 24.3. The Labute approximate surface area is 266 Å². The van der Waals surface area contributed by atoms with E-state index in [0.29, 0.717) is 5.56 Å². The van der Waals surface area contributed by atoms with E-state index in [2.05, 4.69) is 31.2 Å². The van der Waals surface area contributed by atoms with E-state index in [4.69, 9.17) is 22.3 Å². The van der Waals surface area contributed by atoms with Crippen molar-refractivity contribution in [1.82, 2.24) is 30.4 Å². The van der Waals surface area contributed by atoms with Crippen LogP contribution in [0, 0.1) is 5.82 Å². The van der Waals surface area contributed by atoms with E-state index in [0.717, 1.165) is 16.6 Å². The first-order valence-corrected chi connectivity index (χ1v) is 13.6. The number of amides is 4. The summed E-state index contributed by atoms with van der Waals surface area (Å²) in [5.41, 5.74) is 13.2. The lowest BCUT2D eigenvalue weighted by Gasteiger charge is -2.16. The van der Waals surface area contributed by atoms with Crippen molar-refractivity contribution in [3.8, 4) is 0 Å². The van der Waals surface area contributed by atoms with E-state index in [9.17, 15) is 38.0 Å². The molecule has 5 aromatic rings. The van der Waals surface area contributed by atoms with E-state index in [1.54, 1.807) is 0 Å². The number of nitrogens with two attached hydrogens (primary N) is 3. The van der Waals surface area contributed by atoms with Gasteiger partial charge < -0.3 is 38.3 Å². The lowest BCUT2D eigenvalue weighted by atomic mass is 10.0. The van der Waals surface area contributed by atoms with E-state index < -0.39 is 63.7 Å². The molecule has 0 aliphatic rings. The van der Waals surface area contributed by atoms with Crippen LogP contribution >= 0.6 is 0 Å². The number of halogens is 1. The number of anilines is 2. The molecule has 4 amide bonds. The Morgan fingerprint density at radius 2 is 1.65 bits per heavy atom. The third-order valence-electron chi connectivity index (χ3n) is 7.09. The molecule has 0 aliphatic heterocycles. The Hall–Kier alpha value is -7.05. The number of fused-ring (bicyclic) bond motifs is 1. The number of nitrogen functional groups attached to an aromatic ring is 1. The zero-order valence-electron chi connectivity index (χ0n) is 24.3. The minimum absolute atomic E-state index is 0.0810. The lowest BCUT2D eigenvalue weighted by Crippen LogP contribution is -2.38. The molecule has 10 N–H and O–H groups in total. The molecule has 2 heterocycles. The molecule has 0 spiro atoms. The molecule has 2 aromatic heterocycles. The highest BCUT2D eigenvalue weighted by Gasteiger charge is 2.26. The molecule has 18 nitrogen and oxygen atoms in total. The number of carbonyl (C=O) groups is 5. The number of benzene rings is 2. The zero-order chi connectivity index (χ0) is 34.9. The number of aromatic carboxylic acids is 1.